The van der Waals surface area contributed by atoms with E-state index in [-0.39, 0.29) is 0 Å². The van der Waals surface area contributed by atoms with Gasteiger partial charge in [0.25, 0.3) is 0 Å². The van der Waals surface area contributed by atoms with Crippen LogP contribution in [0.5, 0.6) is 0 Å². The van der Waals surface area contributed by atoms with Crippen LogP contribution in [0.2, 0.25) is 0 Å². The van der Waals surface area contributed by atoms with Crippen molar-refractivity contribution in [2.75, 3.05) is 22.9 Å². The Morgan fingerprint density at radius 1 is 1.00 bits per heavy atom. The summed E-state index contributed by atoms with van der Waals surface area (Å²) >= 11 is 0. The van der Waals surface area contributed by atoms with Crippen molar-refractivity contribution in [1.82, 2.24) is 0 Å². The van der Waals surface area contributed by atoms with E-state index in [1.807, 2.05) is 48.5 Å². The summed E-state index contributed by atoms with van der Waals surface area (Å²) in [6.45, 7) is 0.742. The van der Waals surface area contributed by atoms with Crippen molar-refractivity contribution >= 4 is 22.7 Å². The van der Waals surface area contributed by atoms with Crippen LogP contribution in [-0.2, 0) is 0 Å². The van der Waals surface area contributed by atoms with Gasteiger partial charge in [0.2, 0.25) is 0 Å². The van der Waals surface area contributed by atoms with Crippen LogP contribution in [0.3, 0.4) is 0 Å². The van der Waals surface area contributed by atoms with Crippen molar-refractivity contribution in [2.45, 2.75) is 12.8 Å². The van der Waals surface area contributed by atoms with E-state index < -0.39 is 0 Å². The zero-order valence-corrected chi connectivity index (χ0v) is 11.3. The molecule has 0 unspecified atom stereocenters. The van der Waals surface area contributed by atoms with E-state index in [4.69, 9.17) is 16.7 Å². The number of para-hydroxylation sites is 2. The molecule has 0 saturated heterocycles. The Morgan fingerprint density at radius 2 is 1.70 bits per heavy atom. The molecule has 0 aliphatic carbocycles. The second-order valence-corrected chi connectivity index (χ2v) is 4.56. The van der Waals surface area contributed by atoms with E-state index in [1.165, 1.54) is 0 Å². The van der Waals surface area contributed by atoms with Crippen LogP contribution in [-0.4, -0.2) is 6.54 Å². The molecule has 102 valence electrons. The van der Waals surface area contributed by atoms with Gasteiger partial charge in [0, 0.05) is 24.3 Å². The summed E-state index contributed by atoms with van der Waals surface area (Å²) in [5, 5.41) is 8.70. The first-order valence-electron chi connectivity index (χ1n) is 6.57. The molecule has 0 aliphatic heterocycles. The number of benzene rings is 2. The Kier molecular flexibility index (Phi) is 4.46. The average molecular weight is 266 g/mol. The molecule has 2 aromatic rings. The molecular formula is C16H18N4. The minimum atomic E-state index is 0.526. The van der Waals surface area contributed by atoms with Crippen LogP contribution in [0.15, 0.2) is 48.5 Å². The molecule has 0 fully saturated rings. The third kappa shape index (κ3) is 3.21. The highest BCUT2D eigenvalue weighted by Crippen LogP contribution is 2.30. The van der Waals surface area contributed by atoms with E-state index in [1.54, 1.807) is 0 Å². The molecule has 0 heterocycles. The van der Waals surface area contributed by atoms with Crippen LogP contribution in [0, 0.1) is 11.3 Å². The fraction of sp³-hybridized carbons (Fsp3) is 0.188. The molecule has 20 heavy (non-hydrogen) atoms. The summed E-state index contributed by atoms with van der Waals surface area (Å²) in [5.74, 6) is 0. The number of hydrogen-bond acceptors (Lipinski definition) is 4. The van der Waals surface area contributed by atoms with Gasteiger partial charge in [-0.15, -0.1) is 0 Å². The number of nitrogens with zero attached hydrogens (tertiary/aromatic N) is 2. The number of hydrogen-bond donors (Lipinski definition) is 2. The van der Waals surface area contributed by atoms with Gasteiger partial charge in [-0.25, -0.2) is 0 Å². The largest absolute Gasteiger partial charge is 0.399 e. The lowest BCUT2D eigenvalue weighted by atomic mass is 10.2. The highest BCUT2D eigenvalue weighted by molar-refractivity contribution is 5.75. The number of nitrogen functional groups attached to an aromatic ring is 2. The van der Waals surface area contributed by atoms with Gasteiger partial charge in [-0.05, 0) is 42.8 Å². The highest BCUT2D eigenvalue weighted by Gasteiger charge is 2.11. The lowest BCUT2D eigenvalue weighted by Gasteiger charge is -2.26. The lowest BCUT2D eigenvalue weighted by Crippen LogP contribution is -2.19. The molecule has 0 aromatic heterocycles. The third-order valence-corrected chi connectivity index (χ3v) is 3.10. The maximum absolute atomic E-state index is 8.70. The lowest BCUT2D eigenvalue weighted by molar-refractivity contribution is 0.832. The maximum Gasteiger partial charge on any atom is 0.0644 e. The minimum Gasteiger partial charge on any atom is -0.399 e. The van der Waals surface area contributed by atoms with E-state index in [9.17, 15) is 0 Å². The fourth-order valence-corrected chi connectivity index (χ4v) is 2.09. The van der Waals surface area contributed by atoms with Crippen molar-refractivity contribution in [2.24, 2.45) is 0 Å². The summed E-state index contributed by atoms with van der Waals surface area (Å²) in [6.07, 6.45) is 1.31. The van der Waals surface area contributed by atoms with Gasteiger partial charge in [-0.2, -0.15) is 5.26 Å². The number of unbranched alkanes of at least 4 members (excludes halogenated alkanes) is 1. The fourth-order valence-electron chi connectivity index (χ4n) is 2.09. The zero-order chi connectivity index (χ0) is 14.4. The average Bonchev–Trinajstić information content (AvgIpc) is 2.46. The van der Waals surface area contributed by atoms with Crippen molar-refractivity contribution in [3.63, 3.8) is 0 Å². The Labute approximate surface area is 119 Å². The molecule has 0 saturated carbocycles. The number of anilines is 4. The van der Waals surface area contributed by atoms with Gasteiger partial charge in [0.1, 0.15) is 0 Å². The molecule has 0 amide bonds. The summed E-state index contributed by atoms with van der Waals surface area (Å²) < 4.78 is 0. The van der Waals surface area contributed by atoms with Gasteiger partial charge in [0.15, 0.2) is 0 Å². The molecule has 4 nitrogen and oxygen atoms in total. The normalized spacial score (nSPS) is 9.95. The summed E-state index contributed by atoms with van der Waals surface area (Å²) in [4.78, 5) is 2.12. The first-order chi connectivity index (χ1) is 9.72. The first-order valence-corrected chi connectivity index (χ1v) is 6.57. The van der Waals surface area contributed by atoms with E-state index in [0.717, 1.165) is 35.7 Å². The standard InChI is InChI=1S/C16H18N4/c17-11-3-4-12-20(14-9-7-13(18)8-10-14)16-6-2-1-5-15(16)19/h1-2,5-10H,3-4,12,18-19H2. The Balaban J connectivity index is 2.32. The predicted molar refractivity (Wildman–Crippen MR) is 83.6 cm³/mol. The quantitative estimate of drug-likeness (QED) is 0.643. The number of nitrogens with two attached hydrogens (primary N) is 2. The first kappa shape index (κ1) is 13.8. The topological polar surface area (TPSA) is 79.1 Å². The molecule has 0 radical (unpaired) electrons. The van der Waals surface area contributed by atoms with Crippen LogP contribution < -0.4 is 16.4 Å². The Bertz CT molecular complexity index is 599. The molecule has 2 rings (SSSR count). The van der Waals surface area contributed by atoms with Crippen molar-refractivity contribution in [1.29, 1.82) is 5.26 Å². The van der Waals surface area contributed by atoms with Crippen molar-refractivity contribution in [3.05, 3.63) is 48.5 Å². The number of rotatable bonds is 5. The Hall–Kier alpha value is -2.67. The van der Waals surface area contributed by atoms with E-state index >= 15 is 0 Å². The van der Waals surface area contributed by atoms with Gasteiger partial charge in [-0.1, -0.05) is 12.1 Å². The summed E-state index contributed by atoms with van der Waals surface area (Å²) in [6, 6.07) is 17.6. The molecule has 2 aromatic carbocycles. The van der Waals surface area contributed by atoms with Gasteiger partial charge in [-0.3, -0.25) is 0 Å². The summed E-state index contributed by atoms with van der Waals surface area (Å²) in [7, 11) is 0. The molecule has 4 N–H and O–H groups in total. The van der Waals surface area contributed by atoms with E-state index in [2.05, 4.69) is 11.0 Å². The second kappa shape index (κ2) is 6.48. The third-order valence-electron chi connectivity index (χ3n) is 3.10. The minimum absolute atomic E-state index is 0.526. The Morgan fingerprint density at radius 3 is 2.35 bits per heavy atom. The SMILES string of the molecule is N#CCCCN(c1ccc(N)cc1)c1ccccc1N. The predicted octanol–water partition coefficient (Wildman–Crippen LogP) is 3.29. The van der Waals surface area contributed by atoms with Crippen LogP contribution >= 0.6 is 0 Å². The number of nitriles is 1. The molecular weight excluding hydrogens is 248 g/mol. The molecule has 0 spiro atoms. The molecule has 0 atom stereocenters. The van der Waals surface area contributed by atoms with Gasteiger partial charge >= 0.3 is 0 Å². The smallest absolute Gasteiger partial charge is 0.0644 e. The van der Waals surface area contributed by atoms with Crippen LogP contribution in [0.4, 0.5) is 22.7 Å². The van der Waals surface area contributed by atoms with Crippen LogP contribution in [0.25, 0.3) is 0 Å². The maximum atomic E-state index is 8.70. The van der Waals surface area contributed by atoms with Gasteiger partial charge < -0.3 is 16.4 Å². The summed E-state index contributed by atoms with van der Waals surface area (Å²) in [5.41, 5.74) is 15.2. The zero-order valence-electron chi connectivity index (χ0n) is 11.3. The molecule has 4 heteroatoms. The highest BCUT2D eigenvalue weighted by atomic mass is 15.1. The monoisotopic (exact) mass is 266 g/mol. The van der Waals surface area contributed by atoms with Gasteiger partial charge in [0.05, 0.1) is 17.4 Å². The van der Waals surface area contributed by atoms with Crippen molar-refractivity contribution < 1.29 is 0 Å². The van der Waals surface area contributed by atoms with E-state index in [0.29, 0.717) is 6.42 Å². The molecule has 0 bridgehead atoms. The van der Waals surface area contributed by atoms with Crippen molar-refractivity contribution in [3.8, 4) is 6.07 Å². The van der Waals surface area contributed by atoms with Crippen LogP contribution in [0.1, 0.15) is 12.8 Å². The second-order valence-electron chi connectivity index (χ2n) is 4.56. The molecule has 0 aliphatic rings.